The maximum Gasteiger partial charge on any atom is 0.238 e. The second kappa shape index (κ2) is 5.84. The average molecular weight is 334 g/mol. The largest absolute Gasteiger partial charge is 0.325 e. The molecule has 18 heavy (non-hydrogen) atoms. The number of amides is 1. The molecule has 0 aliphatic carbocycles. The third-order valence-corrected chi connectivity index (χ3v) is 4.71. The summed E-state index contributed by atoms with van der Waals surface area (Å²) in [4.78, 5) is 11.7. The van der Waals surface area contributed by atoms with Crippen LogP contribution in [0, 0.1) is 6.92 Å². The SMILES string of the molecule is CCC(Br)C(=O)Nc1cc(S(C)(=O)=O)ccc1C. The fourth-order valence-corrected chi connectivity index (χ4v) is 2.12. The van der Waals surface area contributed by atoms with Gasteiger partial charge in [-0.3, -0.25) is 4.79 Å². The first kappa shape index (κ1) is 15.2. The monoisotopic (exact) mass is 333 g/mol. The molecule has 100 valence electrons. The molecule has 0 saturated heterocycles. The minimum Gasteiger partial charge on any atom is -0.325 e. The van der Waals surface area contributed by atoms with E-state index in [1.54, 1.807) is 6.07 Å². The predicted octanol–water partition coefficient (Wildman–Crippen LogP) is 2.51. The predicted molar refractivity (Wildman–Crippen MR) is 75.9 cm³/mol. The normalized spacial score (nSPS) is 13.1. The van der Waals surface area contributed by atoms with E-state index in [1.165, 1.54) is 12.1 Å². The summed E-state index contributed by atoms with van der Waals surface area (Å²) >= 11 is 3.25. The number of hydrogen-bond acceptors (Lipinski definition) is 3. The van der Waals surface area contributed by atoms with Crippen LogP contribution in [0.25, 0.3) is 0 Å². The van der Waals surface area contributed by atoms with Gasteiger partial charge in [0.25, 0.3) is 0 Å². The summed E-state index contributed by atoms with van der Waals surface area (Å²) in [6, 6.07) is 4.70. The van der Waals surface area contributed by atoms with Crippen molar-refractivity contribution in [1.82, 2.24) is 0 Å². The lowest BCUT2D eigenvalue weighted by atomic mass is 10.2. The Hall–Kier alpha value is -0.880. The topological polar surface area (TPSA) is 63.2 Å². The molecule has 0 saturated carbocycles. The molecule has 1 rings (SSSR count). The van der Waals surface area contributed by atoms with Crippen LogP contribution in [0.4, 0.5) is 5.69 Å². The molecular formula is C12H16BrNO3S. The van der Waals surface area contributed by atoms with Crippen molar-refractivity contribution < 1.29 is 13.2 Å². The van der Waals surface area contributed by atoms with Crippen molar-refractivity contribution in [3.05, 3.63) is 23.8 Å². The summed E-state index contributed by atoms with van der Waals surface area (Å²) in [5, 5.41) is 2.72. The Morgan fingerprint density at radius 2 is 2.06 bits per heavy atom. The second-order valence-electron chi connectivity index (χ2n) is 4.11. The molecule has 4 nitrogen and oxygen atoms in total. The third-order valence-electron chi connectivity index (χ3n) is 2.54. The fraction of sp³-hybridized carbons (Fsp3) is 0.417. The molecule has 1 aromatic rings. The molecular weight excluding hydrogens is 318 g/mol. The maximum absolute atomic E-state index is 11.7. The van der Waals surface area contributed by atoms with Gasteiger partial charge in [-0.05, 0) is 31.0 Å². The Balaban J connectivity index is 3.06. The zero-order valence-electron chi connectivity index (χ0n) is 10.5. The number of sulfone groups is 1. The van der Waals surface area contributed by atoms with Crippen LogP contribution in [0.2, 0.25) is 0 Å². The van der Waals surface area contributed by atoms with Gasteiger partial charge in [0, 0.05) is 11.9 Å². The Morgan fingerprint density at radius 3 is 2.56 bits per heavy atom. The van der Waals surface area contributed by atoms with Gasteiger partial charge >= 0.3 is 0 Å². The van der Waals surface area contributed by atoms with Gasteiger partial charge in [-0.1, -0.05) is 28.9 Å². The number of carbonyl (C=O) groups excluding carboxylic acids is 1. The van der Waals surface area contributed by atoms with Gasteiger partial charge in [0.1, 0.15) is 0 Å². The molecule has 0 fully saturated rings. The van der Waals surface area contributed by atoms with Crippen molar-refractivity contribution >= 4 is 37.4 Å². The third kappa shape index (κ3) is 3.81. The van der Waals surface area contributed by atoms with E-state index in [0.29, 0.717) is 12.1 Å². The van der Waals surface area contributed by atoms with Crippen molar-refractivity contribution in [2.24, 2.45) is 0 Å². The highest BCUT2D eigenvalue weighted by Gasteiger charge is 2.15. The van der Waals surface area contributed by atoms with E-state index >= 15 is 0 Å². The smallest absolute Gasteiger partial charge is 0.238 e. The van der Waals surface area contributed by atoms with E-state index < -0.39 is 9.84 Å². The van der Waals surface area contributed by atoms with Crippen molar-refractivity contribution in [2.75, 3.05) is 11.6 Å². The zero-order chi connectivity index (χ0) is 13.9. The Labute approximate surface area is 116 Å². The van der Waals surface area contributed by atoms with Crippen molar-refractivity contribution in [2.45, 2.75) is 30.0 Å². The van der Waals surface area contributed by atoms with E-state index in [0.717, 1.165) is 11.8 Å². The lowest BCUT2D eigenvalue weighted by molar-refractivity contribution is -0.115. The van der Waals surface area contributed by atoms with Crippen LogP contribution in [-0.2, 0) is 14.6 Å². The summed E-state index contributed by atoms with van der Waals surface area (Å²) in [6.45, 7) is 3.70. The van der Waals surface area contributed by atoms with Crippen LogP contribution in [0.5, 0.6) is 0 Å². The maximum atomic E-state index is 11.7. The average Bonchev–Trinajstić information content (AvgIpc) is 2.29. The first-order valence-electron chi connectivity index (χ1n) is 5.51. The molecule has 0 radical (unpaired) electrons. The van der Waals surface area contributed by atoms with Gasteiger partial charge in [0.15, 0.2) is 9.84 Å². The van der Waals surface area contributed by atoms with Crippen molar-refractivity contribution in [1.29, 1.82) is 0 Å². The van der Waals surface area contributed by atoms with E-state index in [9.17, 15) is 13.2 Å². The summed E-state index contributed by atoms with van der Waals surface area (Å²) in [6.07, 6.45) is 1.80. The lowest BCUT2D eigenvalue weighted by Crippen LogP contribution is -2.22. The molecule has 1 atom stereocenters. The first-order chi connectivity index (χ1) is 8.25. The van der Waals surface area contributed by atoms with E-state index in [2.05, 4.69) is 21.2 Å². The highest BCUT2D eigenvalue weighted by atomic mass is 79.9. The van der Waals surface area contributed by atoms with Gasteiger partial charge in [0.05, 0.1) is 9.72 Å². The van der Waals surface area contributed by atoms with Gasteiger partial charge in [-0.25, -0.2) is 8.42 Å². The van der Waals surface area contributed by atoms with Gasteiger partial charge in [-0.2, -0.15) is 0 Å². The molecule has 1 aromatic carbocycles. The zero-order valence-corrected chi connectivity index (χ0v) is 12.9. The van der Waals surface area contributed by atoms with E-state index in [1.807, 2.05) is 13.8 Å². The summed E-state index contributed by atoms with van der Waals surface area (Å²) in [7, 11) is -3.27. The number of rotatable bonds is 4. The number of benzene rings is 1. The summed E-state index contributed by atoms with van der Waals surface area (Å²) in [5.41, 5.74) is 1.35. The van der Waals surface area contributed by atoms with Crippen LogP contribution in [0.1, 0.15) is 18.9 Å². The highest BCUT2D eigenvalue weighted by molar-refractivity contribution is 9.10. The highest BCUT2D eigenvalue weighted by Crippen LogP contribution is 2.21. The first-order valence-corrected chi connectivity index (χ1v) is 8.32. The molecule has 1 unspecified atom stereocenters. The number of hydrogen-bond donors (Lipinski definition) is 1. The molecule has 1 N–H and O–H groups in total. The molecule has 0 spiro atoms. The van der Waals surface area contributed by atoms with Gasteiger partial charge < -0.3 is 5.32 Å². The van der Waals surface area contributed by atoms with Crippen LogP contribution >= 0.6 is 15.9 Å². The minimum absolute atomic E-state index is 0.175. The number of nitrogens with one attached hydrogen (secondary N) is 1. The van der Waals surface area contributed by atoms with Crippen LogP contribution < -0.4 is 5.32 Å². The van der Waals surface area contributed by atoms with Crippen molar-refractivity contribution in [3.63, 3.8) is 0 Å². The summed E-state index contributed by atoms with van der Waals surface area (Å²) in [5.74, 6) is -0.175. The van der Waals surface area contributed by atoms with E-state index in [4.69, 9.17) is 0 Å². The number of halogens is 1. The van der Waals surface area contributed by atoms with Crippen LogP contribution in [-0.4, -0.2) is 25.4 Å². The molecule has 0 aliphatic rings. The fourth-order valence-electron chi connectivity index (χ4n) is 1.36. The number of anilines is 1. The second-order valence-corrected chi connectivity index (χ2v) is 7.23. The molecule has 6 heteroatoms. The number of aryl methyl sites for hydroxylation is 1. The van der Waals surface area contributed by atoms with E-state index in [-0.39, 0.29) is 15.6 Å². The molecule has 0 aliphatic heterocycles. The molecule has 0 heterocycles. The molecule has 0 aromatic heterocycles. The number of carbonyl (C=O) groups is 1. The van der Waals surface area contributed by atoms with Crippen molar-refractivity contribution in [3.8, 4) is 0 Å². The van der Waals surface area contributed by atoms with Crippen LogP contribution in [0.3, 0.4) is 0 Å². The lowest BCUT2D eigenvalue weighted by Gasteiger charge is -2.12. The standard InChI is InChI=1S/C12H16BrNO3S/c1-4-10(13)12(15)14-11-7-9(18(3,16)17)6-5-8(11)2/h5-7,10H,4H2,1-3H3,(H,14,15). The molecule has 0 bridgehead atoms. The van der Waals surface area contributed by atoms with Gasteiger partial charge in [-0.15, -0.1) is 0 Å². The molecule has 1 amide bonds. The Kier molecular flexibility index (Phi) is 4.92. The quantitative estimate of drug-likeness (QED) is 0.861. The Morgan fingerprint density at radius 1 is 1.44 bits per heavy atom. The van der Waals surface area contributed by atoms with Crippen LogP contribution in [0.15, 0.2) is 23.1 Å². The Bertz CT molecular complexity index is 554. The number of alkyl halides is 1. The summed E-state index contributed by atoms with van der Waals surface area (Å²) < 4.78 is 22.9. The minimum atomic E-state index is -3.27. The van der Waals surface area contributed by atoms with Gasteiger partial charge in [0.2, 0.25) is 5.91 Å².